The molecular weight excluding hydrogens is 139 g/mol. The molecule has 0 aliphatic heterocycles. The van der Waals surface area contributed by atoms with E-state index in [-0.39, 0.29) is 11.7 Å². The van der Waals surface area contributed by atoms with E-state index in [1.165, 1.54) is 0 Å². The summed E-state index contributed by atoms with van der Waals surface area (Å²) in [6, 6.07) is 0. The fraction of sp³-hybridized carbons (Fsp3) is 0.875. The van der Waals surface area contributed by atoms with Crippen molar-refractivity contribution >= 4 is 13.8 Å². The minimum Gasteiger partial charge on any atom is -0.481 e. The van der Waals surface area contributed by atoms with E-state index in [0.717, 1.165) is 19.3 Å². The molecule has 0 bridgehead atoms. The van der Waals surface area contributed by atoms with Crippen LogP contribution in [0.25, 0.3) is 0 Å². The molecule has 3 heteroatoms. The largest absolute Gasteiger partial charge is 0.481 e. The van der Waals surface area contributed by atoms with Crippen molar-refractivity contribution in [1.29, 1.82) is 0 Å². The third-order valence-electron chi connectivity index (χ3n) is 2.61. The normalized spacial score (nSPS) is 38.5. The van der Waals surface area contributed by atoms with Crippen LogP contribution in [0.15, 0.2) is 0 Å². The smallest absolute Gasteiger partial charge is 0.306 e. The van der Waals surface area contributed by atoms with Crippen LogP contribution in [0.4, 0.5) is 0 Å². The predicted molar refractivity (Wildman–Crippen MR) is 43.6 cm³/mol. The molecule has 0 amide bonds. The molecule has 0 spiro atoms. The second kappa shape index (κ2) is 3.29. The van der Waals surface area contributed by atoms with E-state index in [0.29, 0.717) is 5.92 Å². The molecule has 1 saturated carbocycles. The lowest BCUT2D eigenvalue weighted by atomic mass is 9.63. The standard InChI is InChI=1S/C8H13BO2/c1-5-3-2-4-6(7(5)9)8(10)11/h5-7H,2-4H2,1H3,(H,10,11). The van der Waals surface area contributed by atoms with Crippen LogP contribution in [-0.2, 0) is 4.79 Å². The maximum atomic E-state index is 10.6. The molecule has 3 atom stereocenters. The van der Waals surface area contributed by atoms with Crippen LogP contribution in [0, 0.1) is 11.8 Å². The lowest BCUT2D eigenvalue weighted by molar-refractivity contribution is -0.143. The Kier molecular flexibility index (Phi) is 2.58. The fourth-order valence-electron chi connectivity index (χ4n) is 1.73. The van der Waals surface area contributed by atoms with Gasteiger partial charge in [-0.05, 0) is 12.3 Å². The minimum atomic E-state index is -0.732. The highest BCUT2D eigenvalue weighted by Gasteiger charge is 2.31. The van der Waals surface area contributed by atoms with Gasteiger partial charge in [0, 0.05) is 0 Å². The van der Waals surface area contributed by atoms with Crippen molar-refractivity contribution in [3.05, 3.63) is 0 Å². The van der Waals surface area contributed by atoms with Gasteiger partial charge < -0.3 is 5.11 Å². The monoisotopic (exact) mass is 152 g/mol. The third kappa shape index (κ3) is 1.76. The van der Waals surface area contributed by atoms with Gasteiger partial charge in [0.25, 0.3) is 0 Å². The highest BCUT2D eigenvalue weighted by atomic mass is 16.4. The fourth-order valence-corrected chi connectivity index (χ4v) is 1.73. The molecular formula is C8H13BO2. The summed E-state index contributed by atoms with van der Waals surface area (Å²) in [4.78, 5) is 10.6. The summed E-state index contributed by atoms with van der Waals surface area (Å²) < 4.78 is 0. The first-order chi connectivity index (χ1) is 5.13. The Labute approximate surface area is 68.4 Å². The molecule has 0 heterocycles. The molecule has 1 rings (SSSR count). The van der Waals surface area contributed by atoms with Gasteiger partial charge in [0.1, 0.15) is 0 Å². The molecule has 2 nitrogen and oxygen atoms in total. The molecule has 1 aliphatic rings. The number of aliphatic carboxylic acids is 1. The summed E-state index contributed by atoms with van der Waals surface area (Å²) in [7, 11) is 5.74. The molecule has 3 unspecified atom stereocenters. The summed E-state index contributed by atoms with van der Waals surface area (Å²) >= 11 is 0. The third-order valence-corrected chi connectivity index (χ3v) is 2.61. The number of carboxylic acids is 1. The van der Waals surface area contributed by atoms with E-state index in [1.54, 1.807) is 0 Å². The van der Waals surface area contributed by atoms with Crippen LogP contribution in [0.5, 0.6) is 0 Å². The van der Waals surface area contributed by atoms with Crippen LogP contribution in [-0.4, -0.2) is 18.9 Å². The first-order valence-electron chi connectivity index (χ1n) is 4.11. The van der Waals surface area contributed by atoms with Crippen LogP contribution in [0.1, 0.15) is 26.2 Å². The highest BCUT2D eigenvalue weighted by molar-refractivity contribution is 6.13. The van der Waals surface area contributed by atoms with E-state index in [4.69, 9.17) is 13.0 Å². The van der Waals surface area contributed by atoms with E-state index in [2.05, 4.69) is 0 Å². The van der Waals surface area contributed by atoms with Crippen molar-refractivity contribution in [1.82, 2.24) is 0 Å². The van der Waals surface area contributed by atoms with E-state index < -0.39 is 5.97 Å². The first-order valence-corrected chi connectivity index (χ1v) is 4.11. The minimum absolute atomic E-state index is 0.138. The van der Waals surface area contributed by atoms with Crippen molar-refractivity contribution in [3.63, 3.8) is 0 Å². The SMILES string of the molecule is [B]C1C(C)CCCC1C(=O)O. The van der Waals surface area contributed by atoms with E-state index in [9.17, 15) is 4.79 Å². The molecule has 0 aromatic carbocycles. The van der Waals surface area contributed by atoms with Crippen molar-refractivity contribution in [2.75, 3.05) is 0 Å². The maximum Gasteiger partial charge on any atom is 0.306 e. The van der Waals surface area contributed by atoms with Crippen LogP contribution < -0.4 is 0 Å². The topological polar surface area (TPSA) is 37.3 Å². The maximum absolute atomic E-state index is 10.6. The molecule has 0 saturated heterocycles. The average molecular weight is 152 g/mol. The number of hydrogen-bond donors (Lipinski definition) is 1. The Balaban J connectivity index is 2.58. The van der Waals surface area contributed by atoms with Gasteiger partial charge in [-0.15, -0.1) is 0 Å². The summed E-state index contributed by atoms with van der Waals surface area (Å²) in [6.45, 7) is 2.03. The van der Waals surface area contributed by atoms with E-state index >= 15 is 0 Å². The zero-order chi connectivity index (χ0) is 8.43. The molecule has 1 N–H and O–H groups in total. The van der Waals surface area contributed by atoms with Gasteiger partial charge in [0.2, 0.25) is 0 Å². The van der Waals surface area contributed by atoms with Crippen LogP contribution >= 0.6 is 0 Å². The molecule has 60 valence electrons. The molecule has 1 fully saturated rings. The highest BCUT2D eigenvalue weighted by Crippen LogP contribution is 2.36. The van der Waals surface area contributed by atoms with Gasteiger partial charge in [-0.3, -0.25) is 4.79 Å². The van der Waals surface area contributed by atoms with Gasteiger partial charge in [-0.1, -0.05) is 25.6 Å². The Morgan fingerprint density at radius 1 is 1.55 bits per heavy atom. The van der Waals surface area contributed by atoms with Crippen molar-refractivity contribution in [2.24, 2.45) is 11.8 Å². The van der Waals surface area contributed by atoms with E-state index in [1.807, 2.05) is 6.92 Å². The Hall–Kier alpha value is -0.465. The second-order valence-electron chi connectivity index (χ2n) is 3.43. The Morgan fingerprint density at radius 3 is 2.64 bits per heavy atom. The van der Waals surface area contributed by atoms with Crippen LogP contribution in [0.3, 0.4) is 0 Å². The predicted octanol–water partition coefficient (Wildman–Crippen LogP) is 1.46. The van der Waals surface area contributed by atoms with Gasteiger partial charge >= 0.3 is 5.97 Å². The zero-order valence-electron chi connectivity index (χ0n) is 6.79. The average Bonchev–Trinajstić information content (AvgIpc) is 1.94. The number of carboxylic acid groups (broad SMARTS) is 1. The van der Waals surface area contributed by atoms with Gasteiger partial charge in [-0.25, -0.2) is 0 Å². The molecule has 0 aromatic heterocycles. The second-order valence-corrected chi connectivity index (χ2v) is 3.43. The number of hydrogen-bond acceptors (Lipinski definition) is 1. The number of rotatable bonds is 1. The summed E-state index contributed by atoms with van der Waals surface area (Å²) in [5.74, 6) is -0.811. The quantitative estimate of drug-likeness (QED) is 0.577. The van der Waals surface area contributed by atoms with Crippen molar-refractivity contribution < 1.29 is 9.90 Å². The molecule has 11 heavy (non-hydrogen) atoms. The summed E-state index contributed by atoms with van der Waals surface area (Å²) in [5, 5.41) is 8.75. The van der Waals surface area contributed by atoms with Gasteiger partial charge in [-0.2, -0.15) is 0 Å². The van der Waals surface area contributed by atoms with Crippen molar-refractivity contribution in [3.8, 4) is 0 Å². The molecule has 0 aromatic rings. The lowest BCUT2D eigenvalue weighted by Gasteiger charge is -2.31. The lowest BCUT2D eigenvalue weighted by Crippen LogP contribution is -2.28. The number of carbonyl (C=O) groups is 1. The zero-order valence-corrected chi connectivity index (χ0v) is 6.79. The first kappa shape index (κ1) is 8.63. The van der Waals surface area contributed by atoms with Gasteiger partial charge in [0.05, 0.1) is 13.8 Å². The summed E-state index contributed by atoms with van der Waals surface area (Å²) in [5.41, 5.74) is 0. The van der Waals surface area contributed by atoms with Crippen LogP contribution in [0.2, 0.25) is 5.82 Å². The van der Waals surface area contributed by atoms with Crippen molar-refractivity contribution in [2.45, 2.75) is 32.0 Å². The molecule has 2 radical (unpaired) electrons. The Morgan fingerprint density at radius 2 is 2.18 bits per heavy atom. The Bertz CT molecular complexity index is 158. The molecule has 1 aliphatic carbocycles. The van der Waals surface area contributed by atoms with Gasteiger partial charge in [0.15, 0.2) is 0 Å². The summed E-state index contributed by atoms with van der Waals surface area (Å²) in [6.07, 6.45) is 2.83.